The van der Waals surface area contributed by atoms with Gasteiger partial charge in [0.2, 0.25) is 0 Å². The topological polar surface area (TPSA) is 37.0 Å². The summed E-state index contributed by atoms with van der Waals surface area (Å²) in [7, 11) is 0. The Labute approximate surface area is 103 Å². The highest BCUT2D eigenvalue weighted by Gasteiger charge is 2.21. The zero-order valence-corrected chi connectivity index (χ0v) is 10.8. The predicted molar refractivity (Wildman–Crippen MR) is 69.1 cm³/mol. The van der Waals surface area contributed by atoms with E-state index in [2.05, 4.69) is 31.5 Å². The average molecular weight is 286 g/mol. The molecule has 80 valence electrons. The van der Waals surface area contributed by atoms with Crippen molar-refractivity contribution in [1.29, 1.82) is 0 Å². The maximum absolute atomic E-state index is 5.16. The van der Waals surface area contributed by atoms with Crippen molar-refractivity contribution >= 4 is 39.1 Å². The van der Waals surface area contributed by atoms with E-state index in [9.17, 15) is 0 Å². The number of aromatic nitrogens is 1. The molecule has 3 nitrogen and oxygen atoms in total. The molecule has 15 heavy (non-hydrogen) atoms. The third-order valence-corrected chi connectivity index (χ3v) is 2.95. The molecule has 1 fully saturated rings. The van der Waals surface area contributed by atoms with E-state index in [1.807, 2.05) is 19.2 Å². The number of nitrogens with one attached hydrogen (secondary N) is 2. The quantitative estimate of drug-likeness (QED) is 0.819. The summed E-state index contributed by atoms with van der Waals surface area (Å²) in [6.07, 6.45) is 4.24. The van der Waals surface area contributed by atoms with Crippen molar-refractivity contribution < 1.29 is 0 Å². The van der Waals surface area contributed by atoms with E-state index >= 15 is 0 Å². The van der Waals surface area contributed by atoms with Gasteiger partial charge in [0.15, 0.2) is 5.11 Å². The van der Waals surface area contributed by atoms with Crippen molar-refractivity contribution in [2.75, 3.05) is 5.32 Å². The lowest BCUT2D eigenvalue weighted by Crippen LogP contribution is -2.30. The zero-order valence-electron chi connectivity index (χ0n) is 8.38. The highest BCUT2D eigenvalue weighted by Crippen LogP contribution is 2.22. The van der Waals surface area contributed by atoms with E-state index in [0.29, 0.717) is 11.2 Å². The second-order valence-electron chi connectivity index (χ2n) is 3.72. The van der Waals surface area contributed by atoms with Crippen molar-refractivity contribution in [3.8, 4) is 0 Å². The van der Waals surface area contributed by atoms with Gasteiger partial charge in [-0.2, -0.15) is 0 Å². The second kappa shape index (κ2) is 4.45. The van der Waals surface area contributed by atoms with Crippen molar-refractivity contribution in [3.63, 3.8) is 0 Å². The van der Waals surface area contributed by atoms with Crippen LogP contribution < -0.4 is 10.6 Å². The molecular formula is C10H12BrN3S. The van der Waals surface area contributed by atoms with E-state index < -0.39 is 0 Å². The minimum atomic E-state index is 0.564. The summed E-state index contributed by atoms with van der Waals surface area (Å²) in [6.45, 7) is 2.00. The maximum atomic E-state index is 5.16. The normalized spacial score (nSPS) is 14.8. The van der Waals surface area contributed by atoms with Crippen LogP contribution in [0, 0.1) is 6.92 Å². The first-order valence-corrected chi connectivity index (χ1v) is 6.05. The fourth-order valence-corrected chi connectivity index (χ4v) is 2.01. The largest absolute Gasteiger partial charge is 0.360 e. The van der Waals surface area contributed by atoms with Crippen LogP contribution in [0.4, 0.5) is 5.82 Å². The van der Waals surface area contributed by atoms with Crippen molar-refractivity contribution in [1.82, 2.24) is 10.3 Å². The van der Waals surface area contributed by atoms with Crippen molar-refractivity contribution in [2.24, 2.45) is 0 Å². The van der Waals surface area contributed by atoms with Gasteiger partial charge in [-0.25, -0.2) is 4.98 Å². The molecule has 5 heteroatoms. The molecule has 0 aliphatic heterocycles. The van der Waals surface area contributed by atoms with Crippen molar-refractivity contribution in [2.45, 2.75) is 25.8 Å². The van der Waals surface area contributed by atoms with Crippen LogP contribution in [-0.4, -0.2) is 16.1 Å². The number of aryl methyl sites for hydroxylation is 1. The highest BCUT2D eigenvalue weighted by molar-refractivity contribution is 9.10. The van der Waals surface area contributed by atoms with Crippen LogP contribution in [0.2, 0.25) is 0 Å². The van der Waals surface area contributed by atoms with Gasteiger partial charge in [-0.1, -0.05) is 0 Å². The Morgan fingerprint density at radius 2 is 2.33 bits per heavy atom. The lowest BCUT2D eigenvalue weighted by Gasteiger charge is -2.10. The van der Waals surface area contributed by atoms with Crippen LogP contribution >= 0.6 is 28.1 Å². The Kier molecular flexibility index (Phi) is 3.21. The van der Waals surface area contributed by atoms with E-state index in [1.54, 1.807) is 0 Å². The molecule has 0 aromatic carbocycles. The Morgan fingerprint density at radius 1 is 1.60 bits per heavy atom. The number of rotatable bonds is 2. The number of nitrogens with zero attached hydrogens (tertiary/aromatic N) is 1. The monoisotopic (exact) mass is 285 g/mol. The van der Waals surface area contributed by atoms with Gasteiger partial charge in [-0.05, 0) is 59.5 Å². The number of hydrogen-bond donors (Lipinski definition) is 2. The molecule has 1 aromatic rings. The van der Waals surface area contributed by atoms with Crippen LogP contribution in [0.5, 0.6) is 0 Å². The summed E-state index contributed by atoms with van der Waals surface area (Å²) >= 11 is 8.61. The Bertz CT molecular complexity index is 390. The third-order valence-electron chi connectivity index (χ3n) is 2.12. The van der Waals surface area contributed by atoms with Crippen LogP contribution in [0.1, 0.15) is 18.4 Å². The van der Waals surface area contributed by atoms with Gasteiger partial charge >= 0.3 is 0 Å². The maximum Gasteiger partial charge on any atom is 0.172 e. The summed E-state index contributed by atoms with van der Waals surface area (Å²) < 4.78 is 0.933. The average Bonchev–Trinajstić information content (AvgIpc) is 2.94. The molecule has 0 bridgehead atoms. The Balaban J connectivity index is 1.99. The van der Waals surface area contributed by atoms with Gasteiger partial charge in [-0.3, -0.25) is 0 Å². The van der Waals surface area contributed by atoms with Crippen LogP contribution in [0.3, 0.4) is 0 Å². The van der Waals surface area contributed by atoms with Gasteiger partial charge in [0.1, 0.15) is 5.82 Å². The standard InChI is InChI=1S/C10H12BrN3S/c1-6-4-8(11)9(12-5-6)14-10(15)13-7-2-3-7/h4-5,7H,2-3H2,1H3,(H2,12,13,14,15). The lowest BCUT2D eigenvalue weighted by atomic mass is 10.3. The van der Waals surface area contributed by atoms with Gasteiger partial charge in [0.05, 0.1) is 4.47 Å². The molecule has 1 aromatic heterocycles. The van der Waals surface area contributed by atoms with E-state index in [1.165, 1.54) is 12.8 Å². The van der Waals surface area contributed by atoms with Gasteiger partial charge in [0.25, 0.3) is 0 Å². The smallest absolute Gasteiger partial charge is 0.172 e. The molecule has 0 amide bonds. The summed E-state index contributed by atoms with van der Waals surface area (Å²) in [5, 5.41) is 6.92. The summed E-state index contributed by atoms with van der Waals surface area (Å²) in [6, 6.07) is 2.57. The van der Waals surface area contributed by atoms with Crippen LogP contribution in [0.25, 0.3) is 0 Å². The molecule has 1 saturated carbocycles. The van der Waals surface area contributed by atoms with Crippen LogP contribution in [0.15, 0.2) is 16.7 Å². The molecule has 0 radical (unpaired) electrons. The molecule has 1 aliphatic rings. The van der Waals surface area contributed by atoms with Crippen molar-refractivity contribution in [3.05, 3.63) is 22.3 Å². The SMILES string of the molecule is Cc1cnc(NC(=S)NC2CC2)c(Br)c1. The molecule has 0 saturated heterocycles. The van der Waals surface area contributed by atoms with Crippen LogP contribution in [-0.2, 0) is 0 Å². The fraction of sp³-hybridized carbons (Fsp3) is 0.400. The summed E-state index contributed by atoms with van der Waals surface area (Å²) in [5.74, 6) is 0.763. The first kappa shape index (κ1) is 10.8. The van der Waals surface area contributed by atoms with E-state index in [0.717, 1.165) is 15.9 Å². The van der Waals surface area contributed by atoms with E-state index in [-0.39, 0.29) is 0 Å². The molecular weight excluding hydrogens is 274 g/mol. The number of pyridine rings is 1. The Morgan fingerprint density at radius 3 is 2.93 bits per heavy atom. The minimum Gasteiger partial charge on any atom is -0.360 e. The molecule has 1 aliphatic carbocycles. The van der Waals surface area contributed by atoms with Gasteiger partial charge in [0, 0.05) is 12.2 Å². The predicted octanol–water partition coefficient (Wildman–Crippen LogP) is 2.60. The first-order valence-electron chi connectivity index (χ1n) is 4.85. The molecule has 2 rings (SSSR count). The fourth-order valence-electron chi connectivity index (χ4n) is 1.18. The number of thiocarbonyl (C=S) groups is 1. The molecule has 0 unspecified atom stereocenters. The third kappa shape index (κ3) is 3.14. The first-order chi connectivity index (χ1) is 7.15. The summed E-state index contributed by atoms with van der Waals surface area (Å²) in [4.78, 5) is 4.26. The number of halogens is 1. The lowest BCUT2D eigenvalue weighted by molar-refractivity contribution is 0.918. The van der Waals surface area contributed by atoms with E-state index in [4.69, 9.17) is 12.2 Å². The number of hydrogen-bond acceptors (Lipinski definition) is 2. The number of anilines is 1. The minimum absolute atomic E-state index is 0.564. The molecule has 0 spiro atoms. The molecule has 0 atom stereocenters. The van der Waals surface area contributed by atoms with Gasteiger partial charge < -0.3 is 10.6 Å². The highest BCUT2D eigenvalue weighted by atomic mass is 79.9. The van der Waals surface area contributed by atoms with Gasteiger partial charge in [-0.15, -0.1) is 0 Å². The molecule has 1 heterocycles. The second-order valence-corrected chi connectivity index (χ2v) is 4.98. The summed E-state index contributed by atoms with van der Waals surface area (Å²) in [5.41, 5.74) is 1.12. The Hall–Kier alpha value is -0.680. The molecule has 2 N–H and O–H groups in total. The zero-order chi connectivity index (χ0) is 10.8.